The van der Waals surface area contributed by atoms with Gasteiger partial charge in [0, 0.05) is 12.8 Å². The van der Waals surface area contributed by atoms with Gasteiger partial charge in [-0.2, -0.15) is 0 Å². The Morgan fingerprint density at radius 2 is 0.985 bits per heavy atom. The summed E-state index contributed by atoms with van der Waals surface area (Å²) in [6, 6.07) is 0. The predicted octanol–water partition coefficient (Wildman–Crippen LogP) is 7.89. The summed E-state index contributed by atoms with van der Waals surface area (Å²) >= 11 is 0. The molecule has 0 spiro atoms. The minimum Gasteiger partial charge on any atom is -0.462 e. The van der Waals surface area contributed by atoms with Crippen LogP contribution in [-0.2, 0) is 32.7 Å². The van der Waals surface area contributed by atoms with E-state index < -0.39 is 87.9 Å². The second kappa shape index (κ2) is 38.7. The second-order valence-corrected chi connectivity index (χ2v) is 18.7. The van der Waals surface area contributed by atoms with Gasteiger partial charge in [0.15, 0.2) is 6.10 Å². The largest absolute Gasteiger partial charge is 0.472 e. The third kappa shape index (κ3) is 30.7. The summed E-state index contributed by atoms with van der Waals surface area (Å²) < 4.78 is 33.4. The topological polar surface area (TPSA) is 250 Å². The number of phosphoric acid groups is 1. The lowest BCUT2D eigenvalue weighted by atomic mass is 9.85. The Bertz CT molecular complexity index is 1360. The highest BCUT2D eigenvalue weighted by Gasteiger charge is 2.51. The van der Waals surface area contributed by atoms with Crippen LogP contribution in [0.3, 0.4) is 0 Å². The molecule has 0 aliphatic heterocycles. The Morgan fingerprint density at radius 1 is 0.538 bits per heavy atom. The van der Waals surface area contributed by atoms with Crippen LogP contribution < -0.4 is 0 Å². The van der Waals surface area contributed by atoms with E-state index in [0.29, 0.717) is 12.8 Å². The van der Waals surface area contributed by atoms with E-state index in [1.165, 1.54) is 57.8 Å². The average Bonchev–Trinajstić information content (AvgIpc) is 3.28. The number of aliphatic hydroxyl groups is 7. The van der Waals surface area contributed by atoms with Crippen molar-refractivity contribution in [1.29, 1.82) is 0 Å². The maximum Gasteiger partial charge on any atom is 0.472 e. The van der Waals surface area contributed by atoms with E-state index in [4.69, 9.17) is 18.5 Å². The van der Waals surface area contributed by atoms with Crippen molar-refractivity contribution >= 4 is 19.8 Å². The van der Waals surface area contributed by atoms with Crippen LogP contribution in [0.4, 0.5) is 0 Å². The first-order valence-electron chi connectivity index (χ1n) is 24.6. The number of hydrogen-bond donors (Lipinski definition) is 8. The monoisotopic (exact) mass is 947 g/mol. The Kier molecular flexibility index (Phi) is 36.1. The molecule has 8 N–H and O–H groups in total. The fourth-order valence-corrected chi connectivity index (χ4v) is 8.18. The SMILES string of the molecule is CCCCC/C=C\C/C=C\C/C=C\CC(O)C(O)CCCC(=O)O[C@H](COC(=O)CCCCCCCCC/C=C\CCCCCCCC)COP(=O)(O)OC1[C@H](O)[C@H](O)C(O)[C@H](O)[C@H]1O. The number of aliphatic hydroxyl groups excluding tert-OH is 7. The van der Waals surface area contributed by atoms with Crippen molar-refractivity contribution in [2.75, 3.05) is 13.2 Å². The predicted molar refractivity (Wildman–Crippen MR) is 251 cm³/mol. The number of allylic oxidation sites excluding steroid dienone is 7. The van der Waals surface area contributed by atoms with Crippen molar-refractivity contribution in [2.24, 2.45) is 0 Å². The molecule has 1 fully saturated rings. The lowest BCUT2D eigenvalue weighted by Gasteiger charge is -2.41. The molecule has 1 aliphatic rings. The Morgan fingerprint density at radius 3 is 1.57 bits per heavy atom. The number of unbranched alkanes of at least 4 members (excludes halogenated alkanes) is 16. The van der Waals surface area contributed by atoms with E-state index in [1.807, 2.05) is 12.2 Å². The molecule has 1 rings (SSSR count). The van der Waals surface area contributed by atoms with E-state index in [-0.39, 0.29) is 32.1 Å². The molecule has 15 nitrogen and oxygen atoms in total. The Balaban J connectivity index is 2.55. The molecule has 1 aliphatic carbocycles. The molecule has 5 unspecified atom stereocenters. The normalized spacial score (nSPS) is 22.8. The van der Waals surface area contributed by atoms with Crippen molar-refractivity contribution in [3.63, 3.8) is 0 Å². The summed E-state index contributed by atoms with van der Waals surface area (Å²) in [4.78, 5) is 35.8. The number of ether oxygens (including phenoxy) is 2. The van der Waals surface area contributed by atoms with Crippen LogP contribution in [0.2, 0.25) is 0 Å². The second-order valence-electron chi connectivity index (χ2n) is 17.3. The number of esters is 2. The first-order chi connectivity index (χ1) is 31.2. The summed E-state index contributed by atoms with van der Waals surface area (Å²) in [5.41, 5.74) is 0. The van der Waals surface area contributed by atoms with Gasteiger partial charge in [-0.1, -0.05) is 140 Å². The molecular formula is C49H87O15P. The summed E-state index contributed by atoms with van der Waals surface area (Å²) in [5, 5.41) is 71.1. The highest BCUT2D eigenvalue weighted by Crippen LogP contribution is 2.47. The van der Waals surface area contributed by atoms with Gasteiger partial charge in [0.25, 0.3) is 0 Å². The molecule has 0 amide bonds. The third-order valence-electron chi connectivity index (χ3n) is 11.3. The minimum absolute atomic E-state index is 0.0690. The Hall–Kier alpha value is -2.27. The van der Waals surface area contributed by atoms with Crippen LogP contribution in [0.25, 0.3) is 0 Å². The first kappa shape index (κ1) is 60.7. The number of phosphoric ester groups is 1. The molecule has 65 heavy (non-hydrogen) atoms. The van der Waals surface area contributed by atoms with E-state index in [0.717, 1.165) is 64.2 Å². The van der Waals surface area contributed by atoms with Gasteiger partial charge in [0.2, 0.25) is 0 Å². The maximum atomic E-state index is 12.8. The highest BCUT2D eigenvalue weighted by atomic mass is 31.2. The first-order valence-corrected chi connectivity index (χ1v) is 26.1. The molecule has 0 heterocycles. The number of carbonyl (C=O) groups is 2. The van der Waals surface area contributed by atoms with Crippen LogP contribution >= 0.6 is 7.82 Å². The fourth-order valence-electron chi connectivity index (χ4n) is 7.21. The van der Waals surface area contributed by atoms with Crippen LogP contribution in [0.5, 0.6) is 0 Å². The van der Waals surface area contributed by atoms with Gasteiger partial charge in [0.1, 0.15) is 43.2 Å². The van der Waals surface area contributed by atoms with Gasteiger partial charge < -0.3 is 50.1 Å². The highest BCUT2D eigenvalue weighted by molar-refractivity contribution is 7.47. The van der Waals surface area contributed by atoms with E-state index in [9.17, 15) is 54.8 Å². The average molecular weight is 947 g/mol. The zero-order valence-corrected chi connectivity index (χ0v) is 40.4. The molecule has 0 aromatic heterocycles. The quantitative estimate of drug-likeness (QED) is 0.0126. The van der Waals surface area contributed by atoms with E-state index >= 15 is 0 Å². The zero-order chi connectivity index (χ0) is 48.1. The molecule has 0 radical (unpaired) electrons. The van der Waals surface area contributed by atoms with Crippen LogP contribution in [0, 0.1) is 0 Å². The van der Waals surface area contributed by atoms with E-state index in [1.54, 1.807) is 6.08 Å². The number of hydrogen-bond acceptors (Lipinski definition) is 14. The van der Waals surface area contributed by atoms with Gasteiger partial charge in [0.05, 0.1) is 18.8 Å². The third-order valence-corrected chi connectivity index (χ3v) is 12.3. The molecule has 0 bridgehead atoms. The van der Waals surface area contributed by atoms with Gasteiger partial charge >= 0.3 is 19.8 Å². The molecule has 10 atom stereocenters. The maximum absolute atomic E-state index is 12.8. The molecule has 16 heteroatoms. The molecule has 1 saturated carbocycles. The van der Waals surface area contributed by atoms with Crippen LogP contribution in [0.15, 0.2) is 48.6 Å². The Labute approximate surface area is 389 Å². The van der Waals surface area contributed by atoms with Gasteiger partial charge in [-0.3, -0.25) is 18.6 Å². The van der Waals surface area contributed by atoms with Gasteiger partial charge in [-0.25, -0.2) is 4.57 Å². The van der Waals surface area contributed by atoms with Gasteiger partial charge in [-0.15, -0.1) is 0 Å². The zero-order valence-electron chi connectivity index (χ0n) is 39.5. The van der Waals surface area contributed by atoms with Crippen molar-refractivity contribution in [3.05, 3.63) is 48.6 Å². The van der Waals surface area contributed by atoms with Crippen LogP contribution in [0.1, 0.15) is 181 Å². The minimum atomic E-state index is -5.20. The molecule has 378 valence electrons. The summed E-state index contributed by atoms with van der Waals surface area (Å²) in [6.45, 7) is 3.02. The number of rotatable bonds is 40. The smallest absolute Gasteiger partial charge is 0.462 e. The number of carbonyl (C=O) groups excluding carboxylic acids is 2. The lowest BCUT2D eigenvalue weighted by molar-refractivity contribution is -0.220. The fraction of sp³-hybridized carbons (Fsp3) is 0.796. The standard InChI is InChI=1S/C49H87O15P/c1-3-5-7-9-11-13-15-17-18-19-20-21-23-25-27-29-31-35-42(52)61-37-39(38-62-65(59,60)64-49-47(57)45(55)44(54)46(56)48(49)58)63-43(53)36-32-34-41(51)40(50)33-30-28-26-24-22-16-14-12-10-8-6-4-2/h12,14,17-18,22,24,28,30,39-41,44-51,54-58H,3-11,13,15-16,19-21,23,25-27,29,31-38H2,1-2H3,(H,59,60)/b14-12-,18-17-,24-22-,30-28-/t39-,40?,41?,44?,45-,46+,47-,48-,49?/m1/s1. The van der Waals surface area contributed by atoms with Crippen molar-refractivity contribution in [3.8, 4) is 0 Å². The molecule has 0 aromatic carbocycles. The van der Waals surface area contributed by atoms with Crippen LogP contribution in [-0.4, -0.2) is 121 Å². The van der Waals surface area contributed by atoms with Crippen molar-refractivity contribution in [2.45, 2.75) is 236 Å². The summed E-state index contributed by atoms with van der Waals surface area (Å²) in [7, 11) is -5.20. The lowest BCUT2D eigenvalue weighted by Crippen LogP contribution is -2.64. The van der Waals surface area contributed by atoms with Gasteiger partial charge in [-0.05, 0) is 77.0 Å². The molecular weight excluding hydrogens is 859 g/mol. The van der Waals surface area contributed by atoms with Crippen molar-refractivity contribution < 1.29 is 73.3 Å². The summed E-state index contributed by atoms with van der Waals surface area (Å²) in [6.07, 6.45) is 24.5. The molecule has 0 aromatic rings. The van der Waals surface area contributed by atoms with E-state index in [2.05, 4.69) is 44.2 Å². The summed E-state index contributed by atoms with van der Waals surface area (Å²) in [5.74, 6) is -1.39. The van der Waals surface area contributed by atoms with Crippen molar-refractivity contribution in [1.82, 2.24) is 0 Å². The molecule has 0 saturated heterocycles.